The summed E-state index contributed by atoms with van der Waals surface area (Å²) in [7, 11) is 1.23. The summed E-state index contributed by atoms with van der Waals surface area (Å²) in [6.45, 7) is 1.49. The van der Waals surface area contributed by atoms with Crippen LogP contribution < -0.4 is 10.2 Å². The van der Waals surface area contributed by atoms with E-state index in [1.807, 2.05) is 0 Å². The lowest BCUT2D eigenvalue weighted by molar-refractivity contribution is -0.142. The van der Waals surface area contributed by atoms with Gasteiger partial charge in [0.05, 0.1) is 13.5 Å². The minimum atomic E-state index is -1.01. The van der Waals surface area contributed by atoms with Gasteiger partial charge in [-0.25, -0.2) is 9.59 Å². The van der Waals surface area contributed by atoms with E-state index in [9.17, 15) is 14.4 Å². The van der Waals surface area contributed by atoms with Crippen molar-refractivity contribution in [2.45, 2.75) is 19.4 Å². The molecule has 0 aliphatic rings. The van der Waals surface area contributed by atoms with Crippen molar-refractivity contribution in [2.24, 2.45) is 0 Å². The molecule has 0 aliphatic heterocycles. The molecule has 2 amide bonds. The molecule has 7 heteroatoms. The number of esters is 1. The van der Waals surface area contributed by atoms with Gasteiger partial charge in [0.1, 0.15) is 6.04 Å². The number of methoxy groups -OCH3 is 1. The Morgan fingerprint density at radius 3 is 2.43 bits per heavy atom. The maximum Gasteiger partial charge on any atom is 0.328 e. The number of carboxylic acid groups (broad SMARTS) is 1. The Morgan fingerprint density at radius 2 is 1.90 bits per heavy atom. The fraction of sp³-hybridized carbons (Fsp3) is 0.357. The molecule has 1 aromatic carbocycles. The molecule has 7 nitrogen and oxygen atoms in total. The number of urea groups is 1. The lowest BCUT2D eigenvalue weighted by Gasteiger charge is -2.24. The molecule has 0 spiro atoms. The lowest BCUT2D eigenvalue weighted by atomic mass is 10.2. The quantitative estimate of drug-likeness (QED) is 0.769. The van der Waals surface area contributed by atoms with Gasteiger partial charge in [0, 0.05) is 12.2 Å². The average Bonchev–Trinajstić information content (AvgIpc) is 2.47. The van der Waals surface area contributed by atoms with E-state index in [0.717, 1.165) is 0 Å². The molecule has 2 N–H and O–H groups in total. The molecule has 1 atom stereocenters. The summed E-state index contributed by atoms with van der Waals surface area (Å²) in [5.74, 6) is -1.58. The van der Waals surface area contributed by atoms with Crippen molar-refractivity contribution in [1.29, 1.82) is 0 Å². The van der Waals surface area contributed by atoms with Crippen molar-refractivity contribution in [2.75, 3.05) is 18.6 Å². The van der Waals surface area contributed by atoms with E-state index >= 15 is 0 Å². The number of hydrogen-bond acceptors (Lipinski definition) is 4. The van der Waals surface area contributed by atoms with Crippen LogP contribution in [0.3, 0.4) is 0 Å². The number of rotatable bonds is 6. The highest BCUT2D eigenvalue weighted by Gasteiger charge is 2.21. The number of carbonyl (C=O) groups excluding carboxylic acids is 2. The van der Waals surface area contributed by atoms with Crippen LogP contribution >= 0.6 is 0 Å². The maximum absolute atomic E-state index is 12.2. The average molecular weight is 294 g/mol. The number of ether oxygens (including phenoxy) is 1. The Labute approximate surface area is 122 Å². The number of nitrogens with zero attached hydrogens (tertiary/aromatic N) is 1. The second-order valence-electron chi connectivity index (χ2n) is 4.33. The van der Waals surface area contributed by atoms with Crippen LogP contribution in [0.1, 0.15) is 13.3 Å². The van der Waals surface area contributed by atoms with Gasteiger partial charge >= 0.3 is 18.0 Å². The van der Waals surface area contributed by atoms with Crippen molar-refractivity contribution in [3.8, 4) is 0 Å². The molecule has 0 saturated carbocycles. The number of benzene rings is 1. The van der Waals surface area contributed by atoms with E-state index in [0.29, 0.717) is 5.69 Å². The maximum atomic E-state index is 12.2. The third-order valence-corrected chi connectivity index (χ3v) is 2.76. The number of para-hydroxylation sites is 1. The molecule has 0 heterocycles. The summed E-state index contributed by atoms with van der Waals surface area (Å²) in [5.41, 5.74) is 0.549. The van der Waals surface area contributed by atoms with Crippen molar-refractivity contribution in [1.82, 2.24) is 5.32 Å². The zero-order valence-corrected chi connectivity index (χ0v) is 11.9. The van der Waals surface area contributed by atoms with E-state index < -0.39 is 24.0 Å². The third kappa shape index (κ3) is 5.13. The monoisotopic (exact) mass is 294 g/mol. The van der Waals surface area contributed by atoms with Crippen LogP contribution in [-0.2, 0) is 14.3 Å². The van der Waals surface area contributed by atoms with Crippen LogP contribution in [0.5, 0.6) is 0 Å². The Hall–Kier alpha value is -2.57. The molecule has 1 unspecified atom stereocenters. The van der Waals surface area contributed by atoms with Crippen molar-refractivity contribution < 1.29 is 24.2 Å². The Morgan fingerprint density at radius 1 is 1.29 bits per heavy atom. The molecule has 0 aliphatic carbocycles. The zero-order valence-electron chi connectivity index (χ0n) is 11.9. The minimum Gasteiger partial charge on any atom is -0.481 e. The molecular weight excluding hydrogens is 276 g/mol. The van der Waals surface area contributed by atoms with Gasteiger partial charge in [0.15, 0.2) is 0 Å². The van der Waals surface area contributed by atoms with Gasteiger partial charge in [-0.3, -0.25) is 9.69 Å². The van der Waals surface area contributed by atoms with Crippen LogP contribution in [0.25, 0.3) is 0 Å². The molecule has 114 valence electrons. The SMILES string of the molecule is COC(=O)C(C)NC(=O)N(CCC(=O)O)c1ccccc1. The van der Waals surface area contributed by atoms with Crippen LogP contribution in [0, 0.1) is 0 Å². The van der Waals surface area contributed by atoms with Crippen LogP contribution in [0.15, 0.2) is 30.3 Å². The van der Waals surface area contributed by atoms with Crippen LogP contribution in [-0.4, -0.2) is 42.8 Å². The van der Waals surface area contributed by atoms with Gasteiger partial charge in [-0.15, -0.1) is 0 Å². The standard InChI is InChI=1S/C14H18N2O5/c1-10(13(19)21-2)15-14(20)16(9-8-12(17)18)11-6-4-3-5-7-11/h3-7,10H,8-9H2,1-2H3,(H,15,20)(H,17,18). The predicted molar refractivity (Wildman–Crippen MR) is 76.1 cm³/mol. The molecule has 1 aromatic rings. The van der Waals surface area contributed by atoms with Crippen LogP contribution in [0.4, 0.5) is 10.5 Å². The van der Waals surface area contributed by atoms with E-state index in [1.54, 1.807) is 30.3 Å². The van der Waals surface area contributed by atoms with Gasteiger partial charge in [-0.05, 0) is 19.1 Å². The number of hydrogen-bond donors (Lipinski definition) is 2. The van der Waals surface area contributed by atoms with Gasteiger partial charge < -0.3 is 15.2 Å². The Balaban J connectivity index is 2.83. The highest BCUT2D eigenvalue weighted by molar-refractivity contribution is 5.95. The summed E-state index contributed by atoms with van der Waals surface area (Å²) in [4.78, 5) is 35.5. The van der Waals surface area contributed by atoms with E-state index in [4.69, 9.17) is 5.11 Å². The van der Waals surface area contributed by atoms with Crippen molar-refractivity contribution >= 4 is 23.7 Å². The molecule has 0 fully saturated rings. The highest BCUT2D eigenvalue weighted by Crippen LogP contribution is 2.14. The topological polar surface area (TPSA) is 95.9 Å². The fourth-order valence-electron chi connectivity index (χ4n) is 1.66. The Bertz CT molecular complexity index is 503. The van der Waals surface area contributed by atoms with Crippen molar-refractivity contribution in [3.05, 3.63) is 30.3 Å². The van der Waals surface area contributed by atoms with Crippen molar-refractivity contribution in [3.63, 3.8) is 0 Å². The normalized spacial score (nSPS) is 11.3. The first kappa shape index (κ1) is 16.5. The summed E-state index contributed by atoms with van der Waals surface area (Å²) in [6, 6.07) is 7.25. The second-order valence-corrected chi connectivity index (χ2v) is 4.33. The fourth-order valence-corrected chi connectivity index (χ4v) is 1.66. The summed E-state index contributed by atoms with van der Waals surface area (Å²) in [5, 5.41) is 11.2. The largest absolute Gasteiger partial charge is 0.481 e. The number of anilines is 1. The molecule has 21 heavy (non-hydrogen) atoms. The molecule has 0 bridgehead atoms. The Kier molecular flexibility index (Phi) is 6.19. The van der Waals surface area contributed by atoms with E-state index in [1.165, 1.54) is 18.9 Å². The zero-order chi connectivity index (χ0) is 15.8. The van der Waals surface area contributed by atoms with E-state index in [-0.39, 0.29) is 13.0 Å². The second kappa shape index (κ2) is 7.88. The van der Waals surface area contributed by atoms with Gasteiger partial charge in [0.25, 0.3) is 0 Å². The van der Waals surface area contributed by atoms with E-state index in [2.05, 4.69) is 10.1 Å². The minimum absolute atomic E-state index is 0.000920. The van der Waals surface area contributed by atoms with Crippen LogP contribution in [0.2, 0.25) is 0 Å². The predicted octanol–water partition coefficient (Wildman–Crippen LogP) is 1.24. The summed E-state index contributed by atoms with van der Waals surface area (Å²) < 4.78 is 4.53. The third-order valence-electron chi connectivity index (χ3n) is 2.76. The lowest BCUT2D eigenvalue weighted by Crippen LogP contribution is -2.47. The summed E-state index contributed by atoms with van der Waals surface area (Å²) in [6.07, 6.45) is -0.199. The first-order chi connectivity index (χ1) is 9.95. The number of nitrogens with one attached hydrogen (secondary N) is 1. The smallest absolute Gasteiger partial charge is 0.328 e. The van der Waals surface area contributed by atoms with Gasteiger partial charge in [-0.2, -0.15) is 0 Å². The molecule has 1 rings (SSSR count). The molecule has 0 radical (unpaired) electrons. The number of aliphatic carboxylic acids is 1. The first-order valence-corrected chi connectivity index (χ1v) is 6.38. The highest BCUT2D eigenvalue weighted by atomic mass is 16.5. The first-order valence-electron chi connectivity index (χ1n) is 6.38. The number of carbonyl (C=O) groups is 3. The number of amides is 2. The molecular formula is C14H18N2O5. The summed E-state index contributed by atoms with van der Waals surface area (Å²) >= 11 is 0. The van der Waals surface area contributed by atoms with Gasteiger partial charge in [-0.1, -0.05) is 18.2 Å². The van der Waals surface area contributed by atoms with Gasteiger partial charge in [0.2, 0.25) is 0 Å². The number of carboxylic acids is 1. The molecule has 0 saturated heterocycles. The molecule has 0 aromatic heterocycles.